The predicted molar refractivity (Wildman–Crippen MR) is 88.9 cm³/mol. The fraction of sp³-hybridized carbons (Fsp3) is 0.842. The maximum absolute atomic E-state index is 13.4. The second kappa shape index (κ2) is 6.84. The van der Waals surface area contributed by atoms with E-state index < -0.39 is 78.2 Å². The molecule has 1 saturated heterocycles. The monoisotopic (exact) mass is 424 g/mol. The summed E-state index contributed by atoms with van der Waals surface area (Å²) in [6.45, 7) is 4.14. The van der Waals surface area contributed by atoms with E-state index in [-0.39, 0.29) is 12.8 Å². The molecule has 1 aliphatic heterocycles. The summed E-state index contributed by atoms with van der Waals surface area (Å²) >= 11 is 0. The summed E-state index contributed by atoms with van der Waals surface area (Å²) in [7, 11) is 0. The van der Waals surface area contributed by atoms with E-state index >= 15 is 0 Å². The van der Waals surface area contributed by atoms with Crippen LogP contribution in [-0.2, 0) is 28.6 Å². The van der Waals surface area contributed by atoms with Crippen LogP contribution in [0.3, 0.4) is 0 Å². The number of carbonyl (C=O) groups is 3. The zero-order valence-corrected chi connectivity index (χ0v) is 16.5. The second-order valence-electron chi connectivity index (χ2n) is 9.15. The van der Waals surface area contributed by atoms with E-state index in [0.29, 0.717) is 6.42 Å². The van der Waals surface area contributed by atoms with Crippen molar-refractivity contribution in [3.63, 3.8) is 0 Å². The smallest absolute Gasteiger partial charge is 0.313 e. The fourth-order valence-corrected chi connectivity index (χ4v) is 4.36. The van der Waals surface area contributed by atoms with Crippen LogP contribution in [0.1, 0.15) is 40.5 Å². The van der Waals surface area contributed by atoms with Crippen molar-refractivity contribution in [3.05, 3.63) is 0 Å². The molecule has 2 saturated carbocycles. The standard InChI is InChI=1S/C19H24F4O6/c1-17(2,3)16(26)29-13-8-7-9-11(15(25)28-12(9)13)10(8)14(24)27-6-5-19(22,23)18(4,20)21/h8-13H,5-7H2,1-4H3. The van der Waals surface area contributed by atoms with Crippen molar-refractivity contribution >= 4 is 17.9 Å². The highest BCUT2D eigenvalue weighted by Gasteiger charge is 2.70. The lowest BCUT2D eigenvalue weighted by molar-refractivity contribution is -0.207. The molecule has 2 bridgehead atoms. The zero-order chi connectivity index (χ0) is 21.9. The number of fused-ring (bicyclic) bond motifs is 1. The van der Waals surface area contributed by atoms with Gasteiger partial charge >= 0.3 is 29.8 Å². The molecule has 164 valence electrons. The quantitative estimate of drug-likeness (QED) is 0.371. The minimum atomic E-state index is -4.33. The zero-order valence-electron chi connectivity index (χ0n) is 16.5. The molecule has 0 aromatic carbocycles. The molecule has 6 atom stereocenters. The highest BCUT2D eigenvalue weighted by atomic mass is 19.3. The molecule has 29 heavy (non-hydrogen) atoms. The number of halogens is 4. The molecule has 3 rings (SSSR count). The highest BCUT2D eigenvalue weighted by molar-refractivity contribution is 5.86. The topological polar surface area (TPSA) is 78.9 Å². The maximum atomic E-state index is 13.4. The van der Waals surface area contributed by atoms with E-state index in [1.807, 2.05) is 0 Å². The van der Waals surface area contributed by atoms with Crippen molar-refractivity contribution < 1.29 is 46.2 Å². The van der Waals surface area contributed by atoms with Gasteiger partial charge in [-0.3, -0.25) is 14.4 Å². The van der Waals surface area contributed by atoms with Crippen LogP contribution >= 0.6 is 0 Å². The first-order valence-corrected chi connectivity index (χ1v) is 9.49. The van der Waals surface area contributed by atoms with Crippen LogP contribution in [0.25, 0.3) is 0 Å². The second-order valence-corrected chi connectivity index (χ2v) is 9.15. The molecule has 0 radical (unpaired) electrons. The van der Waals surface area contributed by atoms with Gasteiger partial charge in [-0.2, -0.15) is 8.78 Å². The van der Waals surface area contributed by atoms with Crippen LogP contribution < -0.4 is 0 Å². The van der Waals surface area contributed by atoms with E-state index in [1.54, 1.807) is 20.8 Å². The Labute approximate surface area is 165 Å². The molecule has 0 aromatic heterocycles. The molecule has 0 aromatic rings. The first-order valence-electron chi connectivity index (χ1n) is 9.49. The van der Waals surface area contributed by atoms with Gasteiger partial charge in [0.25, 0.3) is 0 Å². The van der Waals surface area contributed by atoms with Gasteiger partial charge in [-0.05, 0) is 27.2 Å². The molecule has 3 aliphatic rings. The summed E-state index contributed by atoms with van der Waals surface area (Å²) in [6.07, 6.45) is -2.42. The summed E-state index contributed by atoms with van der Waals surface area (Å²) in [5.74, 6) is -13.3. The molecule has 6 nitrogen and oxygen atoms in total. The van der Waals surface area contributed by atoms with Crippen LogP contribution in [0, 0.1) is 29.1 Å². The van der Waals surface area contributed by atoms with E-state index in [1.165, 1.54) is 0 Å². The molecule has 1 heterocycles. The Hall–Kier alpha value is -1.87. The highest BCUT2D eigenvalue weighted by Crippen LogP contribution is 2.59. The van der Waals surface area contributed by atoms with Crippen LogP contribution in [0.4, 0.5) is 17.6 Å². The van der Waals surface area contributed by atoms with Gasteiger partial charge in [-0.25, -0.2) is 8.78 Å². The Morgan fingerprint density at radius 3 is 2.28 bits per heavy atom. The van der Waals surface area contributed by atoms with Gasteiger partial charge in [-0.1, -0.05) is 0 Å². The lowest BCUT2D eigenvalue weighted by Crippen LogP contribution is -2.45. The molecule has 6 unspecified atom stereocenters. The van der Waals surface area contributed by atoms with Crippen molar-refractivity contribution in [2.75, 3.05) is 6.61 Å². The predicted octanol–water partition coefficient (Wildman–Crippen LogP) is 2.98. The first kappa shape index (κ1) is 21.8. The van der Waals surface area contributed by atoms with Gasteiger partial charge in [0, 0.05) is 18.8 Å². The van der Waals surface area contributed by atoms with Crippen molar-refractivity contribution in [1.29, 1.82) is 0 Å². The molecular weight excluding hydrogens is 400 g/mol. The number of alkyl halides is 4. The number of hydrogen-bond donors (Lipinski definition) is 0. The Morgan fingerprint density at radius 1 is 1.10 bits per heavy atom. The van der Waals surface area contributed by atoms with Gasteiger partial charge < -0.3 is 14.2 Å². The Kier molecular flexibility index (Phi) is 5.15. The average molecular weight is 424 g/mol. The summed E-state index contributed by atoms with van der Waals surface area (Å²) in [4.78, 5) is 37.0. The van der Waals surface area contributed by atoms with Gasteiger partial charge in [0.15, 0.2) is 0 Å². The van der Waals surface area contributed by atoms with Crippen molar-refractivity contribution in [3.8, 4) is 0 Å². The number of rotatable bonds is 6. The number of carbonyl (C=O) groups excluding carboxylic acids is 3. The first-order chi connectivity index (χ1) is 13.1. The van der Waals surface area contributed by atoms with Gasteiger partial charge in [0.05, 0.1) is 30.3 Å². The summed E-state index contributed by atoms with van der Waals surface area (Å²) in [6, 6.07) is 0. The molecule has 0 N–H and O–H groups in total. The Bertz CT molecular complexity index is 710. The minimum Gasteiger partial charge on any atom is -0.465 e. The van der Waals surface area contributed by atoms with Gasteiger partial charge in [-0.15, -0.1) is 0 Å². The van der Waals surface area contributed by atoms with E-state index in [9.17, 15) is 31.9 Å². The fourth-order valence-electron chi connectivity index (χ4n) is 4.36. The average Bonchev–Trinajstić information content (AvgIpc) is 3.15. The number of ether oxygens (including phenoxy) is 3. The normalized spacial score (nSPS) is 33.6. The van der Waals surface area contributed by atoms with Crippen LogP contribution in [-0.4, -0.2) is 48.6 Å². The molecular formula is C19H24F4O6. The minimum absolute atomic E-state index is 0.0909. The summed E-state index contributed by atoms with van der Waals surface area (Å²) < 4.78 is 68.2. The molecule has 0 amide bonds. The molecule has 10 heteroatoms. The van der Waals surface area contributed by atoms with Crippen molar-refractivity contribution in [2.45, 2.75) is 64.6 Å². The lowest BCUT2D eigenvalue weighted by Gasteiger charge is -2.32. The van der Waals surface area contributed by atoms with Gasteiger partial charge in [0.1, 0.15) is 12.2 Å². The molecule has 3 fully saturated rings. The summed E-state index contributed by atoms with van der Waals surface area (Å²) in [5.41, 5.74) is -0.809. The van der Waals surface area contributed by atoms with Crippen LogP contribution in [0.15, 0.2) is 0 Å². The molecule has 2 aliphatic carbocycles. The van der Waals surface area contributed by atoms with Crippen LogP contribution in [0.2, 0.25) is 0 Å². The van der Waals surface area contributed by atoms with Crippen molar-refractivity contribution in [1.82, 2.24) is 0 Å². The SMILES string of the molecule is CC(C)(C)C(=O)OC1C2CC3C1OC(=O)C3C2C(=O)OCCC(F)(F)C(C)(F)F. The third-order valence-electron chi connectivity index (χ3n) is 5.98. The number of esters is 3. The molecule has 0 spiro atoms. The van der Waals surface area contributed by atoms with Crippen molar-refractivity contribution in [2.24, 2.45) is 29.1 Å². The summed E-state index contributed by atoms with van der Waals surface area (Å²) in [5, 5.41) is 0. The number of hydrogen-bond acceptors (Lipinski definition) is 6. The van der Waals surface area contributed by atoms with E-state index in [0.717, 1.165) is 0 Å². The Balaban J connectivity index is 1.69. The van der Waals surface area contributed by atoms with Crippen LogP contribution in [0.5, 0.6) is 0 Å². The third-order valence-corrected chi connectivity index (χ3v) is 5.98. The Morgan fingerprint density at radius 2 is 1.72 bits per heavy atom. The van der Waals surface area contributed by atoms with E-state index in [4.69, 9.17) is 14.2 Å². The van der Waals surface area contributed by atoms with E-state index in [2.05, 4.69) is 0 Å². The maximum Gasteiger partial charge on any atom is 0.313 e. The largest absolute Gasteiger partial charge is 0.465 e. The lowest BCUT2D eigenvalue weighted by atomic mass is 9.78. The third kappa shape index (κ3) is 3.70. The van der Waals surface area contributed by atoms with Gasteiger partial charge in [0.2, 0.25) is 0 Å².